The van der Waals surface area contributed by atoms with E-state index in [0.717, 1.165) is 36.4 Å². The van der Waals surface area contributed by atoms with Gasteiger partial charge >= 0.3 is 12.1 Å². The van der Waals surface area contributed by atoms with E-state index in [-0.39, 0.29) is 28.2 Å². The van der Waals surface area contributed by atoms with Gasteiger partial charge in [0.05, 0.1) is 12.2 Å². The van der Waals surface area contributed by atoms with Crippen molar-refractivity contribution in [3.05, 3.63) is 69.7 Å². The Balaban J connectivity index is 1.78. The van der Waals surface area contributed by atoms with Gasteiger partial charge in [-0.1, -0.05) is 12.1 Å². The second kappa shape index (κ2) is 9.79. The summed E-state index contributed by atoms with van der Waals surface area (Å²) in [6.07, 6.45) is -4.81. The average Bonchev–Trinajstić information content (AvgIpc) is 3.12. The summed E-state index contributed by atoms with van der Waals surface area (Å²) in [7, 11) is 0. The second-order valence-corrected chi connectivity index (χ2v) is 7.60. The topological polar surface area (TPSA) is 116 Å². The van der Waals surface area contributed by atoms with Crippen LogP contribution in [-0.2, 0) is 11.0 Å². The van der Waals surface area contributed by atoms with Crippen molar-refractivity contribution in [2.75, 3.05) is 6.61 Å². The number of rotatable bonds is 8. The normalized spacial score (nSPS) is 12.4. The summed E-state index contributed by atoms with van der Waals surface area (Å²) in [6.45, 7) is -0.396. The molecule has 0 aliphatic heterocycles. The van der Waals surface area contributed by atoms with Gasteiger partial charge in [0.15, 0.2) is 16.2 Å². The van der Waals surface area contributed by atoms with Crippen molar-refractivity contribution in [3.63, 3.8) is 0 Å². The summed E-state index contributed by atoms with van der Waals surface area (Å²) in [5.74, 6) is -7.39. The summed E-state index contributed by atoms with van der Waals surface area (Å²) >= 11 is 3.07. The number of carboxylic acid groups (broad SMARTS) is 1. The zero-order valence-electron chi connectivity index (χ0n) is 16.8. The van der Waals surface area contributed by atoms with E-state index < -0.39 is 59.1 Å². The Hall–Kier alpha value is -3.48. The molecule has 0 radical (unpaired) electrons. The standard InChI is InChI=1S/C21H14BrF5N2O5/c22-17-16(9-1-3-10(4-2-9)21(25,26)27)29-19(34-17)11(20(31)32)7-8-33-13-6-5-12(23)14(15(13)24)18(28)30/h1-6,11H,7-8H2,(H2,28,30)(H,31,32). The van der Waals surface area contributed by atoms with Gasteiger partial charge in [-0.05, 0) is 40.2 Å². The van der Waals surface area contributed by atoms with Gasteiger partial charge in [-0.25, -0.2) is 13.8 Å². The molecular weight excluding hydrogens is 535 g/mol. The molecule has 7 nitrogen and oxygen atoms in total. The molecule has 3 aromatic rings. The van der Waals surface area contributed by atoms with Crippen LogP contribution in [0.3, 0.4) is 0 Å². The number of ether oxygens (including phenoxy) is 1. The van der Waals surface area contributed by atoms with Crippen LogP contribution < -0.4 is 10.5 Å². The summed E-state index contributed by atoms with van der Waals surface area (Å²) < 4.78 is 76.6. The lowest BCUT2D eigenvalue weighted by atomic mass is 10.1. The first-order valence-electron chi connectivity index (χ1n) is 9.37. The van der Waals surface area contributed by atoms with Crippen LogP contribution in [0.25, 0.3) is 11.3 Å². The quantitative estimate of drug-likeness (QED) is 0.377. The van der Waals surface area contributed by atoms with Gasteiger partial charge in [-0.2, -0.15) is 13.2 Å². The maximum Gasteiger partial charge on any atom is 0.416 e. The van der Waals surface area contributed by atoms with E-state index in [0.29, 0.717) is 0 Å². The number of nitrogens with two attached hydrogens (primary N) is 1. The molecule has 1 aromatic heterocycles. The molecule has 3 rings (SSSR count). The van der Waals surface area contributed by atoms with Crippen molar-refractivity contribution in [2.24, 2.45) is 5.73 Å². The highest BCUT2D eigenvalue weighted by Crippen LogP contribution is 2.35. The van der Waals surface area contributed by atoms with Crippen LogP contribution in [0.5, 0.6) is 5.75 Å². The van der Waals surface area contributed by atoms with E-state index >= 15 is 0 Å². The summed E-state index contributed by atoms with van der Waals surface area (Å²) in [5, 5.41) is 9.55. The van der Waals surface area contributed by atoms with Gasteiger partial charge in [0.25, 0.3) is 5.91 Å². The molecule has 0 fully saturated rings. The Morgan fingerprint density at radius 1 is 1.15 bits per heavy atom. The molecule has 1 amide bonds. The first-order valence-corrected chi connectivity index (χ1v) is 10.2. The van der Waals surface area contributed by atoms with Crippen LogP contribution in [0, 0.1) is 11.6 Å². The van der Waals surface area contributed by atoms with Crippen molar-refractivity contribution in [1.29, 1.82) is 0 Å². The summed E-state index contributed by atoms with van der Waals surface area (Å²) in [5.41, 5.74) is 3.39. The highest BCUT2D eigenvalue weighted by Gasteiger charge is 2.31. The first-order chi connectivity index (χ1) is 15.9. The van der Waals surface area contributed by atoms with Crippen molar-refractivity contribution < 1.29 is 45.8 Å². The minimum absolute atomic E-state index is 0.00916. The number of amides is 1. The maximum atomic E-state index is 14.2. The predicted molar refractivity (Wildman–Crippen MR) is 110 cm³/mol. The molecule has 0 aliphatic rings. The van der Waals surface area contributed by atoms with Crippen LogP contribution in [0.15, 0.2) is 45.5 Å². The molecular formula is C21H14BrF5N2O5. The number of nitrogens with zero attached hydrogens (tertiary/aromatic N) is 1. The Kier molecular flexibility index (Phi) is 7.24. The van der Waals surface area contributed by atoms with Gasteiger partial charge in [-0.15, -0.1) is 0 Å². The lowest BCUT2D eigenvalue weighted by molar-refractivity contribution is -0.140. The molecule has 0 spiro atoms. The van der Waals surface area contributed by atoms with Crippen molar-refractivity contribution >= 4 is 27.8 Å². The van der Waals surface area contributed by atoms with E-state index in [9.17, 15) is 36.6 Å². The number of aromatic nitrogens is 1. The number of aliphatic carboxylic acids is 1. The molecule has 0 saturated heterocycles. The molecule has 3 N–H and O–H groups in total. The van der Waals surface area contributed by atoms with Crippen LogP contribution in [0.2, 0.25) is 0 Å². The minimum Gasteiger partial charge on any atom is -0.490 e. The highest BCUT2D eigenvalue weighted by atomic mass is 79.9. The molecule has 0 saturated carbocycles. The van der Waals surface area contributed by atoms with Crippen LogP contribution >= 0.6 is 15.9 Å². The third kappa shape index (κ3) is 5.35. The third-order valence-corrected chi connectivity index (χ3v) is 5.19. The third-order valence-electron chi connectivity index (χ3n) is 4.65. The fourth-order valence-electron chi connectivity index (χ4n) is 2.97. The highest BCUT2D eigenvalue weighted by molar-refractivity contribution is 9.10. The van der Waals surface area contributed by atoms with E-state index in [4.69, 9.17) is 14.9 Å². The SMILES string of the molecule is NC(=O)c1c(F)ccc(OCCC(C(=O)O)c2nc(-c3ccc(C(F)(F)F)cc3)c(Br)o2)c1F. The predicted octanol–water partition coefficient (Wildman–Crippen LogP) is 5.14. The molecule has 34 heavy (non-hydrogen) atoms. The zero-order valence-corrected chi connectivity index (χ0v) is 18.4. The molecule has 13 heteroatoms. The number of benzene rings is 2. The van der Waals surface area contributed by atoms with Crippen molar-refractivity contribution in [2.45, 2.75) is 18.5 Å². The molecule has 1 heterocycles. The minimum atomic E-state index is -4.53. The average molecular weight is 549 g/mol. The smallest absolute Gasteiger partial charge is 0.416 e. The molecule has 1 unspecified atom stereocenters. The fourth-order valence-corrected chi connectivity index (χ4v) is 3.45. The Morgan fingerprint density at radius 3 is 2.35 bits per heavy atom. The number of hydrogen-bond donors (Lipinski definition) is 2. The Bertz CT molecular complexity index is 1230. The van der Waals surface area contributed by atoms with Crippen molar-refractivity contribution in [1.82, 2.24) is 4.98 Å². The number of carbonyl (C=O) groups excluding carboxylic acids is 1. The monoisotopic (exact) mass is 548 g/mol. The van der Waals surface area contributed by atoms with E-state index in [1.165, 1.54) is 0 Å². The Morgan fingerprint density at radius 2 is 1.79 bits per heavy atom. The van der Waals surface area contributed by atoms with Crippen molar-refractivity contribution in [3.8, 4) is 17.0 Å². The molecule has 180 valence electrons. The number of alkyl halides is 3. The molecule has 1 atom stereocenters. The summed E-state index contributed by atoms with van der Waals surface area (Å²) in [6, 6.07) is 5.68. The maximum absolute atomic E-state index is 14.2. The fraction of sp³-hybridized carbons (Fsp3) is 0.190. The van der Waals surface area contributed by atoms with Gasteiger partial charge in [0, 0.05) is 12.0 Å². The first kappa shape index (κ1) is 25.1. The van der Waals surface area contributed by atoms with Gasteiger partial charge in [-0.3, -0.25) is 9.59 Å². The van der Waals surface area contributed by atoms with Gasteiger partial charge in [0.2, 0.25) is 5.89 Å². The Labute approximate surface area is 196 Å². The molecule has 2 aromatic carbocycles. The van der Waals surface area contributed by atoms with Crippen LogP contribution in [-0.4, -0.2) is 28.6 Å². The summed E-state index contributed by atoms with van der Waals surface area (Å²) in [4.78, 5) is 27.0. The second-order valence-electron chi connectivity index (χ2n) is 6.88. The molecule has 0 bridgehead atoms. The molecule has 0 aliphatic carbocycles. The van der Waals surface area contributed by atoms with E-state index in [1.54, 1.807) is 0 Å². The number of primary amides is 1. The number of hydrogen-bond acceptors (Lipinski definition) is 5. The van der Waals surface area contributed by atoms with Crippen LogP contribution in [0.1, 0.15) is 34.2 Å². The number of oxazole rings is 1. The largest absolute Gasteiger partial charge is 0.490 e. The zero-order chi connectivity index (χ0) is 25.2. The van der Waals surface area contributed by atoms with Crippen LogP contribution in [0.4, 0.5) is 22.0 Å². The number of carbonyl (C=O) groups is 2. The van der Waals surface area contributed by atoms with E-state index in [1.807, 2.05) is 0 Å². The number of carboxylic acids is 1. The lowest BCUT2D eigenvalue weighted by Crippen LogP contribution is -2.18. The van der Waals surface area contributed by atoms with E-state index in [2.05, 4.69) is 20.9 Å². The van der Waals surface area contributed by atoms with Gasteiger partial charge < -0.3 is 20.0 Å². The number of halogens is 6. The van der Waals surface area contributed by atoms with Gasteiger partial charge in [0.1, 0.15) is 23.0 Å². The lowest BCUT2D eigenvalue weighted by Gasteiger charge is -2.12.